The normalized spacial score (nSPS) is 13.3. The lowest BCUT2D eigenvalue weighted by Gasteiger charge is -2.28. The average molecular weight is 288 g/mol. The van der Waals surface area contributed by atoms with E-state index in [1.807, 2.05) is 0 Å². The molecule has 20 heavy (non-hydrogen) atoms. The van der Waals surface area contributed by atoms with Crippen LogP contribution < -0.4 is 10.6 Å². The van der Waals surface area contributed by atoms with Crippen molar-refractivity contribution >= 4 is 18.0 Å². The predicted molar refractivity (Wildman–Crippen MR) is 73.3 cm³/mol. The fourth-order valence-corrected chi connectivity index (χ4v) is 1.29. The molecule has 0 saturated carbocycles. The van der Waals surface area contributed by atoms with Crippen LogP contribution in [0.4, 0.5) is 4.79 Å². The van der Waals surface area contributed by atoms with Crippen LogP contribution in [0.15, 0.2) is 0 Å². The van der Waals surface area contributed by atoms with Gasteiger partial charge in [-0.25, -0.2) is 9.59 Å². The van der Waals surface area contributed by atoms with Crippen molar-refractivity contribution in [1.29, 1.82) is 0 Å². The Labute approximate surface area is 119 Å². The van der Waals surface area contributed by atoms with E-state index < -0.39 is 35.2 Å². The zero-order chi connectivity index (χ0) is 16.1. The van der Waals surface area contributed by atoms with Crippen molar-refractivity contribution in [3.05, 3.63) is 0 Å². The zero-order valence-electron chi connectivity index (χ0n) is 12.9. The maximum Gasteiger partial charge on any atom is 0.408 e. The zero-order valence-corrected chi connectivity index (χ0v) is 12.9. The Hall–Kier alpha value is -1.79. The molecule has 0 rings (SSSR count). The second kappa shape index (κ2) is 6.58. The summed E-state index contributed by atoms with van der Waals surface area (Å²) in [5.74, 6) is -1.70. The quantitative estimate of drug-likeness (QED) is 0.706. The minimum absolute atomic E-state index is 0.254. The summed E-state index contributed by atoms with van der Waals surface area (Å²) in [7, 11) is 0. The minimum Gasteiger partial charge on any atom is -0.480 e. The Morgan fingerprint density at radius 1 is 1.15 bits per heavy atom. The van der Waals surface area contributed by atoms with Gasteiger partial charge in [-0.15, -0.1) is 0 Å². The Kier molecular flexibility index (Phi) is 5.99. The maximum absolute atomic E-state index is 12.0. The van der Waals surface area contributed by atoms with Crippen LogP contribution in [-0.4, -0.2) is 40.3 Å². The van der Waals surface area contributed by atoms with E-state index in [-0.39, 0.29) is 6.42 Å². The van der Waals surface area contributed by atoms with Crippen LogP contribution in [0.1, 0.15) is 48.0 Å². The van der Waals surface area contributed by atoms with Gasteiger partial charge in [-0.2, -0.15) is 0 Å². The molecule has 1 atom stereocenters. The number of carbonyl (C=O) groups is 3. The average Bonchev–Trinajstić information content (AvgIpc) is 2.20. The summed E-state index contributed by atoms with van der Waals surface area (Å²) in [5.41, 5.74) is -1.95. The molecular weight excluding hydrogens is 264 g/mol. The summed E-state index contributed by atoms with van der Waals surface area (Å²) < 4.78 is 5.06. The standard InChI is InChI=1S/C13H24N2O5/c1-7-8(9(16)17)14-10(18)13(5,6)15-11(19)20-12(2,3)4/h8H,7H2,1-6H3,(H,14,18)(H,15,19)(H,16,17). The van der Waals surface area contributed by atoms with Gasteiger partial charge >= 0.3 is 12.1 Å². The van der Waals surface area contributed by atoms with Crippen LogP contribution in [0.5, 0.6) is 0 Å². The molecule has 0 fully saturated rings. The fraction of sp³-hybridized carbons (Fsp3) is 0.769. The first-order valence-corrected chi connectivity index (χ1v) is 6.44. The van der Waals surface area contributed by atoms with E-state index in [0.29, 0.717) is 0 Å². The largest absolute Gasteiger partial charge is 0.480 e. The predicted octanol–water partition coefficient (Wildman–Crippen LogP) is 1.27. The lowest BCUT2D eigenvalue weighted by atomic mass is 10.0. The van der Waals surface area contributed by atoms with Gasteiger partial charge in [0, 0.05) is 0 Å². The topological polar surface area (TPSA) is 105 Å². The third-order valence-corrected chi connectivity index (χ3v) is 2.39. The first-order valence-electron chi connectivity index (χ1n) is 6.44. The third kappa shape index (κ3) is 6.40. The van der Waals surface area contributed by atoms with Crippen LogP contribution in [0.2, 0.25) is 0 Å². The summed E-state index contributed by atoms with van der Waals surface area (Å²) in [6.45, 7) is 9.71. The SMILES string of the molecule is CCC(NC(=O)C(C)(C)NC(=O)OC(C)(C)C)C(=O)O. The van der Waals surface area contributed by atoms with Crippen molar-refractivity contribution in [3.63, 3.8) is 0 Å². The van der Waals surface area contributed by atoms with Gasteiger partial charge in [-0.1, -0.05) is 6.92 Å². The highest BCUT2D eigenvalue weighted by Crippen LogP contribution is 2.10. The first-order chi connectivity index (χ1) is 8.89. The second-order valence-corrected chi connectivity index (χ2v) is 6.02. The van der Waals surface area contributed by atoms with Gasteiger partial charge in [0.05, 0.1) is 0 Å². The Balaban J connectivity index is 4.67. The molecule has 7 heteroatoms. The molecule has 0 saturated heterocycles. The molecular formula is C13H24N2O5. The summed E-state index contributed by atoms with van der Waals surface area (Å²) in [4.78, 5) is 34.5. The Bertz CT molecular complexity index is 385. The number of ether oxygens (including phenoxy) is 1. The number of aliphatic carboxylic acids is 1. The number of hydrogen-bond acceptors (Lipinski definition) is 4. The number of hydrogen-bond donors (Lipinski definition) is 3. The van der Waals surface area contributed by atoms with E-state index in [1.54, 1.807) is 27.7 Å². The van der Waals surface area contributed by atoms with Crippen LogP contribution in [0, 0.1) is 0 Å². The monoisotopic (exact) mass is 288 g/mol. The maximum atomic E-state index is 12.0. The second-order valence-electron chi connectivity index (χ2n) is 6.02. The molecule has 116 valence electrons. The highest BCUT2D eigenvalue weighted by molar-refractivity contribution is 5.92. The van der Waals surface area contributed by atoms with E-state index in [4.69, 9.17) is 9.84 Å². The summed E-state index contributed by atoms with van der Waals surface area (Å²) >= 11 is 0. The summed E-state index contributed by atoms with van der Waals surface area (Å²) in [5, 5.41) is 13.7. The van der Waals surface area contributed by atoms with Crippen molar-refractivity contribution in [2.75, 3.05) is 0 Å². The summed E-state index contributed by atoms with van der Waals surface area (Å²) in [6, 6.07) is -0.984. The molecule has 7 nitrogen and oxygen atoms in total. The highest BCUT2D eigenvalue weighted by atomic mass is 16.6. The third-order valence-electron chi connectivity index (χ3n) is 2.39. The van der Waals surface area contributed by atoms with E-state index in [1.165, 1.54) is 13.8 Å². The number of carboxylic acids is 1. The van der Waals surface area contributed by atoms with Gasteiger partial charge in [-0.05, 0) is 41.0 Å². The number of alkyl carbamates (subject to hydrolysis) is 1. The van der Waals surface area contributed by atoms with Crippen LogP contribution in [0.25, 0.3) is 0 Å². The van der Waals surface area contributed by atoms with Crippen molar-refractivity contribution in [2.24, 2.45) is 0 Å². The molecule has 0 heterocycles. The summed E-state index contributed by atoms with van der Waals surface area (Å²) in [6.07, 6.45) is -0.482. The highest BCUT2D eigenvalue weighted by Gasteiger charge is 2.33. The molecule has 2 amide bonds. The van der Waals surface area contributed by atoms with Gasteiger partial charge in [0.15, 0.2) is 0 Å². The van der Waals surface area contributed by atoms with Crippen molar-refractivity contribution < 1.29 is 24.2 Å². The van der Waals surface area contributed by atoms with Gasteiger partial charge < -0.3 is 20.5 Å². The number of carboxylic acid groups (broad SMARTS) is 1. The van der Waals surface area contributed by atoms with E-state index >= 15 is 0 Å². The lowest BCUT2D eigenvalue weighted by Crippen LogP contribution is -2.58. The molecule has 0 aliphatic heterocycles. The molecule has 0 spiro atoms. The fourth-order valence-electron chi connectivity index (χ4n) is 1.29. The van der Waals surface area contributed by atoms with Gasteiger partial charge in [0.1, 0.15) is 17.2 Å². The van der Waals surface area contributed by atoms with Gasteiger partial charge in [0.25, 0.3) is 0 Å². The molecule has 1 unspecified atom stereocenters. The lowest BCUT2D eigenvalue weighted by molar-refractivity contribution is -0.142. The van der Waals surface area contributed by atoms with E-state index in [2.05, 4.69) is 10.6 Å². The number of carbonyl (C=O) groups excluding carboxylic acids is 2. The molecule has 0 aliphatic rings. The number of amides is 2. The smallest absolute Gasteiger partial charge is 0.408 e. The van der Waals surface area contributed by atoms with Crippen molar-refractivity contribution in [2.45, 2.75) is 65.1 Å². The van der Waals surface area contributed by atoms with Crippen molar-refractivity contribution in [1.82, 2.24) is 10.6 Å². The molecule has 0 aromatic carbocycles. The molecule has 0 bridgehead atoms. The van der Waals surface area contributed by atoms with Crippen LogP contribution >= 0.6 is 0 Å². The minimum atomic E-state index is -1.27. The van der Waals surface area contributed by atoms with E-state index in [9.17, 15) is 14.4 Å². The molecule has 0 aromatic heterocycles. The molecule has 0 radical (unpaired) electrons. The van der Waals surface area contributed by atoms with E-state index in [0.717, 1.165) is 0 Å². The Morgan fingerprint density at radius 2 is 1.65 bits per heavy atom. The molecule has 0 aromatic rings. The molecule has 3 N–H and O–H groups in total. The van der Waals surface area contributed by atoms with Gasteiger partial charge in [0.2, 0.25) is 5.91 Å². The van der Waals surface area contributed by atoms with Crippen molar-refractivity contribution in [3.8, 4) is 0 Å². The number of nitrogens with one attached hydrogen (secondary N) is 2. The van der Waals surface area contributed by atoms with Crippen LogP contribution in [0.3, 0.4) is 0 Å². The first kappa shape index (κ1) is 18.2. The van der Waals surface area contributed by atoms with Crippen LogP contribution in [-0.2, 0) is 14.3 Å². The Morgan fingerprint density at radius 3 is 2.00 bits per heavy atom. The number of rotatable bonds is 5. The molecule has 0 aliphatic carbocycles. The van der Waals surface area contributed by atoms with Gasteiger partial charge in [-0.3, -0.25) is 4.79 Å².